The SMILES string of the molecule is C=CC[C@@]1(C(=O)N(C)C)CCCN1. The Morgan fingerprint density at radius 3 is 2.77 bits per heavy atom. The third-order valence-corrected chi connectivity index (χ3v) is 2.55. The van der Waals surface area contributed by atoms with Gasteiger partial charge in [0.2, 0.25) is 5.91 Å². The first kappa shape index (κ1) is 10.3. The zero-order chi connectivity index (χ0) is 9.90. The van der Waals surface area contributed by atoms with E-state index in [9.17, 15) is 4.79 Å². The van der Waals surface area contributed by atoms with Crippen LogP contribution in [0.5, 0.6) is 0 Å². The quantitative estimate of drug-likeness (QED) is 0.654. The van der Waals surface area contributed by atoms with E-state index >= 15 is 0 Å². The molecule has 0 aromatic heterocycles. The predicted octanol–water partition coefficient (Wildman–Crippen LogP) is 0.773. The van der Waals surface area contributed by atoms with Crippen molar-refractivity contribution >= 4 is 5.91 Å². The van der Waals surface area contributed by atoms with E-state index in [-0.39, 0.29) is 11.4 Å². The first-order valence-electron chi connectivity index (χ1n) is 4.70. The Kier molecular flexibility index (Phi) is 3.09. The lowest BCUT2D eigenvalue weighted by atomic mass is 9.92. The monoisotopic (exact) mass is 182 g/mol. The highest BCUT2D eigenvalue weighted by Crippen LogP contribution is 2.25. The number of nitrogens with zero attached hydrogens (tertiary/aromatic N) is 1. The van der Waals surface area contributed by atoms with Crippen LogP contribution in [-0.2, 0) is 4.79 Å². The summed E-state index contributed by atoms with van der Waals surface area (Å²) in [7, 11) is 3.60. The van der Waals surface area contributed by atoms with Gasteiger partial charge in [-0.3, -0.25) is 4.79 Å². The molecule has 0 aromatic carbocycles. The fourth-order valence-electron chi connectivity index (χ4n) is 1.92. The molecule has 0 spiro atoms. The number of hydrogen-bond donors (Lipinski definition) is 1. The Hall–Kier alpha value is -0.830. The molecule has 0 saturated carbocycles. The van der Waals surface area contributed by atoms with Gasteiger partial charge in [-0.05, 0) is 25.8 Å². The minimum Gasteiger partial charge on any atom is -0.347 e. The number of amides is 1. The maximum Gasteiger partial charge on any atom is 0.242 e. The number of rotatable bonds is 3. The smallest absolute Gasteiger partial charge is 0.242 e. The Bertz CT molecular complexity index is 205. The molecule has 74 valence electrons. The zero-order valence-electron chi connectivity index (χ0n) is 8.47. The fraction of sp³-hybridized carbons (Fsp3) is 0.700. The average Bonchev–Trinajstić information content (AvgIpc) is 2.53. The van der Waals surface area contributed by atoms with Gasteiger partial charge in [0.05, 0.1) is 0 Å². The van der Waals surface area contributed by atoms with Gasteiger partial charge in [0.1, 0.15) is 5.54 Å². The number of carbonyl (C=O) groups excluding carboxylic acids is 1. The van der Waals surface area contributed by atoms with Crippen LogP contribution in [0.25, 0.3) is 0 Å². The van der Waals surface area contributed by atoms with Crippen molar-refractivity contribution in [2.45, 2.75) is 24.8 Å². The van der Waals surface area contributed by atoms with Crippen LogP contribution in [0.4, 0.5) is 0 Å². The van der Waals surface area contributed by atoms with Gasteiger partial charge < -0.3 is 10.2 Å². The Balaban J connectivity index is 2.77. The number of carbonyl (C=O) groups is 1. The maximum atomic E-state index is 11.9. The molecule has 3 nitrogen and oxygen atoms in total. The van der Waals surface area contributed by atoms with E-state index in [0.29, 0.717) is 0 Å². The molecule has 0 unspecified atom stereocenters. The Labute approximate surface area is 79.8 Å². The van der Waals surface area contributed by atoms with Gasteiger partial charge >= 0.3 is 0 Å². The molecule has 1 amide bonds. The van der Waals surface area contributed by atoms with E-state index in [1.807, 2.05) is 6.08 Å². The lowest BCUT2D eigenvalue weighted by Gasteiger charge is -2.29. The molecule has 1 saturated heterocycles. The fourth-order valence-corrected chi connectivity index (χ4v) is 1.92. The van der Waals surface area contributed by atoms with Crippen LogP contribution in [0.2, 0.25) is 0 Å². The van der Waals surface area contributed by atoms with Crippen LogP contribution in [0.1, 0.15) is 19.3 Å². The van der Waals surface area contributed by atoms with Crippen molar-refractivity contribution in [3.8, 4) is 0 Å². The van der Waals surface area contributed by atoms with E-state index < -0.39 is 0 Å². The van der Waals surface area contributed by atoms with Gasteiger partial charge in [-0.15, -0.1) is 6.58 Å². The Morgan fingerprint density at radius 1 is 1.69 bits per heavy atom. The van der Waals surface area contributed by atoms with Crippen molar-refractivity contribution in [1.82, 2.24) is 10.2 Å². The molecule has 1 aliphatic rings. The van der Waals surface area contributed by atoms with Crippen LogP contribution < -0.4 is 5.32 Å². The maximum absolute atomic E-state index is 11.9. The molecule has 0 radical (unpaired) electrons. The normalized spacial score (nSPS) is 27.2. The number of hydrogen-bond acceptors (Lipinski definition) is 2. The largest absolute Gasteiger partial charge is 0.347 e. The highest BCUT2D eigenvalue weighted by atomic mass is 16.2. The van der Waals surface area contributed by atoms with E-state index in [0.717, 1.165) is 25.8 Å². The highest BCUT2D eigenvalue weighted by Gasteiger charge is 2.40. The molecule has 3 heteroatoms. The van der Waals surface area contributed by atoms with Gasteiger partial charge in [-0.25, -0.2) is 0 Å². The second-order valence-electron chi connectivity index (χ2n) is 3.80. The lowest BCUT2D eigenvalue weighted by Crippen LogP contribution is -2.52. The summed E-state index contributed by atoms with van der Waals surface area (Å²) in [6.45, 7) is 4.64. The summed E-state index contributed by atoms with van der Waals surface area (Å²) >= 11 is 0. The van der Waals surface area contributed by atoms with E-state index in [1.54, 1.807) is 19.0 Å². The molecule has 13 heavy (non-hydrogen) atoms. The summed E-state index contributed by atoms with van der Waals surface area (Å²) in [6, 6.07) is 0. The van der Waals surface area contributed by atoms with Crippen LogP contribution >= 0.6 is 0 Å². The molecule has 1 aliphatic heterocycles. The summed E-state index contributed by atoms with van der Waals surface area (Å²) in [5.74, 6) is 0.171. The third kappa shape index (κ3) is 1.91. The summed E-state index contributed by atoms with van der Waals surface area (Å²) in [4.78, 5) is 13.5. The predicted molar refractivity (Wildman–Crippen MR) is 53.5 cm³/mol. The summed E-state index contributed by atoms with van der Waals surface area (Å²) in [5, 5.41) is 3.29. The molecule has 0 bridgehead atoms. The average molecular weight is 182 g/mol. The lowest BCUT2D eigenvalue weighted by molar-refractivity contribution is -0.135. The third-order valence-electron chi connectivity index (χ3n) is 2.55. The molecular formula is C10H18N2O. The van der Waals surface area contributed by atoms with Crippen LogP contribution in [0.15, 0.2) is 12.7 Å². The van der Waals surface area contributed by atoms with Gasteiger partial charge in [-0.1, -0.05) is 6.08 Å². The summed E-state index contributed by atoms with van der Waals surface area (Å²) in [6.07, 6.45) is 4.55. The van der Waals surface area contributed by atoms with Crippen molar-refractivity contribution in [2.24, 2.45) is 0 Å². The first-order chi connectivity index (χ1) is 6.12. The van der Waals surface area contributed by atoms with Crippen molar-refractivity contribution in [1.29, 1.82) is 0 Å². The van der Waals surface area contributed by atoms with Gasteiger partial charge in [0, 0.05) is 14.1 Å². The molecule has 1 fully saturated rings. The topological polar surface area (TPSA) is 32.3 Å². The Morgan fingerprint density at radius 2 is 2.38 bits per heavy atom. The van der Waals surface area contributed by atoms with Gasteiger partial charge in [0.25, 0.3) is 0 Å². The van der Waals surface area contributed by atoms with E-state index in [1.165, 1.54) is 0 Å². The number of nitrogens with one attached hydrogen (secondary N) is 1. The summed E-state index contributed by atoms with van der Waals surface area (Å²) < 4.78 is 0. The van der Waals surface area contributed by atoms with Crippen molar-refractivity contribution in [3.05, 3.63) is 12.7 Å². The van der Waals surface area contributed by atoms with Crippen molar-refractivity contribution < 1.29 is 4.79 Å². The van der Waals surface area contributed by atoms with E-state index in [2.05, 4.69) is 11.9 Å². The first-order valence-corrected chi connectivity index (χ1v) is 4.70. The van der Waals surface area contributed by atoms with Crippen LogP contribution in [0, 0.1) is 0 Å². The standard InChI is InChI=1S/C10H18N2O/c1-4-6-10(7-5-8-11-10)9(13)12(2)3/h4,11H,1,5-8H2,2-3H3/t10-/m0/s1. The summed E-state index contributed by atoms with van der Waals surface area (Å²) in [5.41, 5.74) is -0.356. The number of likely N-dealkylation sites (N-methyl/N-ethyl adjacent to an activating group) is 1. The molecule has 0 aromatic rings. The van der Waals surface area contributed by atoms with Crippen molar-refractivity contribution in [3.63, 3.8) is 0 Å². The second kappa shape index (κ2) is 3.92. The highest BCUT2D eigenvalue weighted by molar-refractivity contribution is 5.86. The molecular weight excluding hydrogens is 164 g/mol. The van der Waals surface area contributed by atoms with Crippen LogP contribution in [0.3, 0.4) is 0 Å². The molecule has 1 atom stereocenters. The molecule has 1 heterocycles. The van der Waals surface area contributed by atoms with Gasteiger partial charge in [0.15, 0.2) is 0 Å². The molecule has 1 rings (SSSR count). The molecule has 1 N–H and O–H groups in total. The zero-order valence-corrected chi connectivity index (χ0v) is 8.47. The van der Waals surface area contributed by atoms with E-state index in [4.69, 9.17) is 0 Å². The van der Waals surface area contributed by atoms with Crippen LogP contribution in [-0.4, -0.2) is 37.0 Å². The minimum absolute atomic E-state index is 0.171. The van der Waals surface area contributed by atoms with Gasteiger partial charge in [-0.2, -0.15) is 0 Å². The minimum atomic E-state index is -0.356. The second-order valence-corrected chi connectivity index (χ2v) is 3.80. The van der Waals surface area contributed by atoms with Crippen molar-refractivity contribution in [2.75, 3.05) is 20.6 Å². The molecule has 0 aliphatic carbocycles.